The van der Waals surface area contributed by atoms with Gasteiger partial charge in [0.15, 0.2) is 0 Å². The second-order valence-corrected chi connectivity index (χ2v) is 3.90. The fraction of sp³-hybridized carbons (Fsp3) is 0.0909. The zero-order valence-electron chi connectivity index (χ0n) is 8.12. The average molecular weight is 265 g/mol. The highest BCUT2D eigenvalue weighted by Crippen LogP contribution is 2.19. The third-order valence-corrected chi connectivity index (χ3v) is 2.75. The van der Waals surface area contributed by atoms with E-state index >= 15 is 0 Å². The van der Waals surface area contributed by atoms with Gasteiger partial charge in [-0.25, -0.2) is 0 Å². The van der Waals surface area contributed by atoms with Crippen LogP contribution in [0.3, 0.4) is 0 Å². The van der Waals surface area contributed by atoms with Gasteiger partial charge in [0.1, 0.15) is 11.6 Å². The van der Waals surface area contributed by atoms with Crippen molar-refractivity contribution in [3.63, 3.8) is 0 Å². The number of benzene rings is 1. The molecule has 1 amide bonds. The van der Waals surface area contributed by atoms with Crippen LogP contribution >= 0.6 is 15.9 Å². The van der Waals surface area contributed by atoms with E-state index in [2.05, 4.69) is 15.9 Å². The quantitative estimate of drug-likeness (QED) is 0.657. The predicted molar refractivity (Wildman–Crippen MR) is 61.7 cm³/mol. The molecule has 1 aromatic carbocycles. The molecular weight excluding hydrogens is 256 g/mol. The Morgan fingerprint density at radius 3 is 2.73 bits per heavy atom. The van der Waals surface area contributed by atoms with Crippen LogP contribution in [0.15, 0.2) is 28.2 Å². The number of hydrogen-bond donors (Lipinski definition) is 1. The molecule has 0 aliphatic rings. The summed E-state index contributed by atoms with van der Waals surface area (Å²) in [5.41, 5.74) is 6.83. The van der Waals surface area contributed by atoms with Gasteiger partial charge in [-0.1, -0.05) is 28.1 Å². The van der Waals surface area contributed by atoms with Gasteiger partial charge in [-0.15, -0.1) is 0 Å². The molecule has 0 unspecified atom stereocenters. The van der Waals surface area contributed by atoms with Crippen molar-refractivity contribution in [2.24, 2.45) is 5.73 Å². The van der Waals surface area contributed by atoms with Gasteiger partial charge in [0.25, 0.3) is 5.91 Å². The van der Waals surface area contributed by atoms with Gasteiger partial charge in [-0.3, -0.25) is 4.79 Å². The van der Waals surface area contributed by atoms with Gasteiger partial charge in [0, 0.05) is 4.47 Å². The van der Waals surface area contributed by atoms with Crippen molar-refractivity contribution in [2.45, 2.75) is 6.92 Å². The highest BCUT2D eigenvalue weighted by molar-refractivity contribution is 9.10. The first-order valence-corrected chi connectivity index (χ1v) is 5.01. The van der Waals surface area contributed by atoms with E-state index in [4.69, 9.17) is 11.0 Å². The predicted octanol–water partition coefficient (Wildman–Crippen LogP) is 2.15. The minimum Gasteiger partial charge on any atom is -0.365 e. The van der Waals surface area contributed by atoms with E-state index in [9.17, 15) is 4.79 Å². The summed E-state index contributed by atoms with van der Waals surface area (Å²) in [5.74, 6) is -0.714. The molecule has 0 heterocycles. The van der Waals surface area contributed by atoms with E-state index in [1.54, 1.807) is 6.07 Å². The number of primary amides is 1. The highest BCUT2D eigenvalue weighted by Gasteiger charge is 2.03. The van der Waals surface area contributed by atoms with E-state index in [1.807, 2.05) is 25.1 Å². The number of nitriles is 1. The smallest absolute Gasteiger partial charge is 0.259 e. The maximum Gasteiger partial charge on any atom is 0.259 e. The van der Waals surface area contributed by atoms with Gasteiger partial charge in [0.2, 0.25) is 0 Å². The molecule has 0 aliphatic carbocycles. The standard InChI is InChI=1S/C11H9BrN2O/c1-7-2-3-8(5-10(7)12)4-9(6-13)11(14)15/h2-5H,1H3,(H2,14,15)/b9-4+. The van der Waals surface area contributed by atoms with Crippen molar-refractivity contribution in [3.05, 3.63) is 39.4 Å². The molecule has 15 heavy (non-hydrogen) atoms. The van der Waals surface area contributed by atoms with Crippen LogP contribution in [0.1, 0.15) is 11.1 Å². The zero-order chi connectivity index (χ0) is 11.4. The van der Waals surface area contributed by atoms with E-state index in [0.29, 0.717) is 0 Å². The number of carbonyl (C=O) groups excluding carboxylic acids is 1. The Morgan fingerprint density at radius 1 is 1.60 bits per heavy atom. The zero-order valence-corrected chi connectivity index (χ0v) is 9.71. The van der Waals surface area contributed by atoms with E-state index in [0.717, 1.165) is 15.6 Å². The molecule has 1 rings (SSSR count). The van der Waals surface area contributed by atoms with Gasteiger partial charge >= 0.3 is 0 Å². The van der Waals surface area contributed by atoms with Crippen molar-refractivity contribution in [3.8, 4) is 6.07 Å². The molecular formula is C11H9BrN2O. The topological polar surface area (TPSA) is 66.9 Å². The fourth-order valence-electron chi connectivity index (χ4n) is 1.02. The Bertz CT molecular complexity index is 472. The lowest BCUT2D eigenvalue weighted by atomic mass is 10.1. The number of halogens is 1. The summed E-state index contributed by atoms with van der Waals surface area (Å²) < 4.78 is 0.929. The SMILES string of the molecule is Cc1ccc(/C=C(\C#N)C(N)=O)cc1Br. The molecule has 0 radical (unpaired) electrons. The molecule has 76 valence electrons. The number of carbonyl (C=O) groups is 1. The number of nitrogens with two attached hydrogens (primary N) is 1. The minimum absolute atomic E-state index is 0.0502. The van der Waals surface area contributed by atoms with Crippen molar-refractivity contribution in [1.29, 1.82) is 5.26 Å². The fourth-order valence-corrected chi connectivity index (χ4v) is 1.42. The molecule has 0 fully saturated rings. The maximum atomic E-state index is 10.8. The average Bonchev–Trinajstić information content (AvgIpc) is 2.19. The number of rotatable bonds is 2. The first-order chi connectivity index (χ1) is 7.04. The van der Waals surface area contributed by atoms with Gasteiger partial charge < -0.3 is 5.73 Å². The van der Waals surface area contributed by atoms with Crippen LogP contribution in [0.25, 0.3) is 6.08 Å². The molecule has 0 atom stereocenters. The summed E-state index contributed by atoms with van der Waals surface area (Å²) in [7, 11) is 0. The summed E-state index contributed by atoms with van der Waals surface area (Å²) >= 11 is 3.37. The van der Waals surface area contributed by atoms with Crippen LogP contribution in [0, 0.1) is 18.3 Å². The first kappa shape index (κ1) is 11.5. The van der Waals surface area contributed by atoms with E-state index in [1.165, 1.54) is 6.08 Å². The lowest BCUT2D eigenvalue weighted by Crippen LogP contribution is -2.12. The summed E-state index contributed by atoms with van der Waals surface area (Å²) in [6.45, 7) is 1.96. The van der Waals surface area contributed by atoms with Crippen molar-refractivity contribution in [1.82, 2.24) is 0 Å². The third-order valence-electron chi connectivity index (χ3n) is 1.89. The van der Waals surface area contributed by atoms with Gasteiger partial charge in [-0.2, -0.15) is 5.26 Å². The number of amides is 1. The molecule has 4 heteroatoms. The van der Waals surface area contributed by atoms with Crippen LogP contribution in [-0.4, -0.2) is 5.91 Å². The Kier molecular flexibility index (Phi) is 3.64. The highest BCUT2D eigenvalue weighted by atomic mass is 79.9. The Balaban J connectivity index is 3.14. The summed E-state index contributed by atoms with van der Waals surface area (Å²) in [5, 5.41) is 8.65. The van der Waals surface area contributed by atoms with E-state index in [-0.39, 0.29) is 5.57 Å². The summed E-state index contributed by atoms with van der Waals surface area (Å²) in [6, 6.07) is 7.30. The van der Waals surface area contributed by atoms with Crippen molar-refractivity contribution >= 4 is 27.9 Å². The molecule has 0 bridgehead atoms. The van der Waals surface area contributed by atoms with Gasteiger partial charge in [0.05, 0.1) is 0 Å². The molecule has 3 nitrogen and oxygen atoms in total. The second-order valence-electron chi connectivity index (χ2n) is 3.04. The molecule has 0 aliphatic heterocycles. The van der Waals surface area contributed by atoms with Crippen molar-refractivity contribution < 1.29 is 4.79 Å². The number of hydrogen-bond acceptors (Lipinski definition) is 2. The first-order valence-electron chi connectivity index (χ1n) is 4.22. The van der Waals surface area contributed by atoms with Crippen LogP contribution in [-0.2, 0) is 4.79 Å². The lowest BCUT2D eigenvalue weighted by molar-refractivity contribution is -0.114. The minimum atomic E-state index is -0.714. The Labute approximate surface area is 96.3 Å². The lowest BCUT2D eigenvalue weighted by Gasteiger charge is -1.99. The summed E-state index contributed by atoms with van der Waals surface area (Å²) in [4.78, 5) is 10.8. The van der Waals surface area contributed by atoms with Crippen LogP contribution in [0.2, 0.25) is 0 Å². The van der Waals surface area contributed by atoms with Crippen LogP contribution in [0.5, 0.6) is 0 Å². The number of aryl methyl sites for hydroxylation is 1. The second kappa shape index (κ2) is 4.76. The van der Waals surface area contributed by atoms with Crippen LogP contribution in [0.4, 0.5) is 0 Å². The molecule has 1 aromatic rings. The molecule has 0 saturated heterocycles. The molecule has 2 N–H and O–H groups in total. The van der Waals surface area contributed by atoms with Gasteiger partial charge in [-0.05, 0) is 30.2 Å². The molecule has 0 saturated carbocycles. The number of nitrogens with zero attached hydrogens (tertiary/aromatic N) is 1. The largest absolute Gasteiger partial charge is 0.365 e. The normalized spacial score (nSPS) is 10.9. The Hall–Kier alpha value is -1.60. The van der Waals surface area contributed by atoms with Crippen LogP contribution < -0.4 is 5.73 Å². The monoisotopic (exact) mass is 264 g/mol. The molecule has 0 spiro atoms. The maximum absolute atomic E-state index is 10.8. The third kappa shape index (κ3) is 2.93. The Morgan fingerprint density at radius 2 is 2.27 bits per heavy atom. The summed E-state index contributed by atoms with van der Waals surface area (Å²) in [6.07, 6.45) is 1.46. The molecule has 0 aromatic heterocycles. The van der Waals surface area contributed by atoms with Crippen molar-refractivity contribution in [2.75, 3.05) is 0 Å². The van der Waals surface area contributed by atoms with E-state index < -0.39 is 5.91 Å².